The number of H-pyrrole nitrogens is 1. The van der Waals surface area contributed by atoms with Crippen molar-refractivity contribution in [2.24, 2.45) is 5.73 Å². The third kappa shape index (κ3) is 3.03. The third-order valence-electron chi connectivity index (χ3n) is 4.06. The van der Waals surface area contributed by atoms with Crippen LogP contribution in [0.2, 0.25) is 0 Å². The Morgan fingerprint density at radius 1 is 1.32 bits per heavy atom. The van der Waals surface area contributed by atoms with E-state index in [1.54, 1.807) is 0 Å². The number of carbonyl (C=O) groups is 2. The summed E-state index contributed by atoms with van der Waals surface area (Å²) in [6.07, 6.45) is 1.78. The molecule has 0 atom stereocenters. The highest BCUT2D eigenvalue weighted by Crippen LogP contribution is 2.17. The van der Waals surface area contributed by atoms with Crippen LogP contribution in [0.25, 0.3) is 10.9 Å². The highest BCUT2D eigenvalue weighted by atomic mass is 16.2. The van der Waals surface area contributed by atoms with Gasteiger partial charge in [-0.25, -0.2) is 4.79 Å². The van der Waals surface area contributed by atoms with E-state index < -0.39 is 6.03 Å². The summed E-state index contributed by atoms with van der Waals surface area (Å²) < 4.78 is 0. The quantitative estimate of drug-likeness (QED) is 0.779. The first-order chi connectivity index (χ1) is 10.6. The number of rotatable bonds is 3. The summed E-state index contributed by atoms with van der Waals surface area (Å²) in [6.45, 7) is 1.27. The maximum absolute atomic E-state index is 12.4. The van der Waals surface area contributed by atoms with Crippen LogP contribution < -0.4 is 11.1 Å². The van der Waals surface area contributed by atoms with Gasteiger partial charge in [-0.05, 0) is 18.9 Å². The van der Waals surface area contributed by atoms with Crippen LogP contribution in [0, 0.1) is 0 Å². The average molecular weight is 301 g/mol. The zero-order chi connectivity index (χ0) is 15.5. The SMILES string of the molecule is NC(=O)NC1CCN(C(=O)Cc2[nH]nc3ccccc23)CC1. The van der Waals surface area contributed by atoms with Gasteiger partial charge in [0.15, 0.2) is 0 Å². The lowest BCUT2D eigenvalue weighted by molar-refractivity contribution is -0.131. The van der Waals surface area contributed by atoms with Crippen molar-refractivity contribution in [3.8, 4) is 0 Å². The van der Waals surface area contributed by atoms with Gasteiger partial charge >= 0.3 is 6.03 Å². The molecule has 22 heavy (non-hydrogen) atoms. The fraction of sp³-hybridized carbons (Fsp3) is 0.400. The average Bonchev–Trinajstić information content (AvgIpc) is 2.91. The number of para-hydroxylation sites is 1. The lowest BCUT2D eigenvalue weighted by atomic mass is 10.0. The highest BCUT2D eigenvalue weighted by molar-refractivity contribution is 5.87. The van der Waals surface area contributed by atoms with Crippen molar-refractivity contribution < 1.29 is 9.59 Å². The van der Waals surface area contributed by atoms with Crippen LogP contribution in [0.15, 0.2) is 24.3 Å². The molecule has 1 fully saturated rings. The number of nitrogens with zero attached hydrogens (tertiary/aromatic N) is 2. The van der Waals surface area contributed by atoms with Crippen molar-refractivity contribution in [1.29, 1.82) is 0 Å². The van der Waals surface area contributed by atoms with Crippen LogP contribution in [0.3, 0.4) is 0 Å². The molecule has 1 aliphatic heterocycles. The number of nitrogens with two attached hydrogens (primary N) is 1. The molecule has 7 nitrogen and oxygen atoms in total. The largest absolute Gasteiger partial charge is 0.352 e. The molecule has 0 saturated carbocycles. The fourth-order valence-electron chi connectivity index (χ4n) is 2.89. The van der Waals surface area contributed by atoms with E-state index in [4.69, 9.17) is 5.73 Å². The first kappa shape index (κ1) is 14.4. The van der Waals surface area contributed by atoms with E-state index >= 15 is 0 Å². The highest BCUT2D eigenvalue weighted by Gasteiger charge is 2.24. The number of likely N-dealkylation sites (tertiary alicyclic amines) is 1. The lowest BCUT2D eigenvalue weighted by Crippen LogP contribution is -2.48. The molecule has 7 heteroatoms. The maximum Gasteiger partial charge on any atom is 0.312 e. The lowest BCUT2D eigenvalue weighted by Gasteiger charge is -2.32. The molecule has 4 N–H and O–H groups in total. The van der Waals surface area contributed by atoms with E-state index in [0.717, 1.165) is 29.4 Å². The van der Waals surface area contributed by atoms with Crippen LogP contribution in [0.1, 0.15) is 18.5 Å². The van der Waals surface area contributed by atoms with Gasteiger partial charge < -0.3 is 16.0 Å². The standard InChI is InChI=1S/C15H19N5O2/c16-15(22)17-10-5-7-20(8-6-10)14(21)9-13-11-3-1-2-4-12(11)18-19-13/h1-4,10H,5-9H2,(H,18,19)(H3,16,17,22). The topological polar surface area (TPSA) is 104 Å². The second kappa shape index (κ2) is 6.05. The van der Waals surface area contributed by atoms with Gasteiger partial charge in [0, 0.05) is 24.5 Å². The zero-order valence-corrected chi connectivity index (χ0v) is 12.2. The molecule has 2 heterocycles. The number of hydrogen-bond donors (Lipinski definition) is 3. The summed E-state index contributed by atoms with van der Waals surface area (Å²) in [7, 11) is 0. The van der Waals surface area contributed by atoms with E-state index in [1.807, 2.05) is 29.2 Å². The van der Waals surface area contributed by atoms with Crippen molar-refractivity contribution in [3.63, 3.8) is 0 Å². The number of aromatic amines is 1. The number of hydrogen-bond acceptors (Lipinski definition) is 3. The molecule has 2 aromatic rings. The second-order valence-electron chi connectivity index (χ2n) is 5.56. The van der Waals surface area contributed by atoms with Gasteiger partial charge in [0.05, 0.1) is 17.6 Å². The van der Waals surface area contributed by atoms with Crippen LogP contribution in [0.4, 0.5) is 4.79 Å². The summed E-state index contributed by atoms with van der Waals surface area (Å²) in [4.78, 5) is 25.1. The Morgan fingerprint density at radius 2 is 2.05 bits per heavy atom. The third-order valence-corrected chi connectivity index (χ3v) is 4.06. The van der Waals surface area contributed by atoms with Gasteiger partial charge in [0.1, 0.15) is 0 Å². The molecule has 1 aromatic heterocycles. The van der Waals surface area contributed by atoms with E-state index in [1.165, 1.54) is 0 Å². The van der Waals surface area contributed by atoms with Crippen molar-refractivity contribution in [2.75, 3.05) is 13.1 Å². The van der Waals surface area contributed by atoms with Gasteiger partial charge in [0.25, 0.3) is 0 Å². The van der Waals surface area contributed by atoms with Gasteiger partial charge in [-0.3, -0.25) is 9.89 Å². The van der Waals surface area contributed by atoms with E-state index in [-0.39, 0.29) is 11.9 Å². The van der Waals surface area contributed by atoms with Crippen molar-refractivity contribution >= 4 is 22.8 Å². The van der Waals surface area contributed by atoms with Crippen LogP contribution in [-0.4, -0.2) is 46.2 Å². The van der Waals surface area contributed by atoms with Gasteiger partial charge in [-0.2, -0.15) is 5.10 Å². The Bertz CT molecular complexity index is 688. The molecular formula is C15H19N5O2. The minimum absolute atomic E-state index is 0.0644. The monoisotopic (exact) mass is 301 g/mol. The molecule has 0 unspecified atom stereocenters. The van der Waals surface area contributed by atoms with E-state index in [0.29, 0.717) is 19.5 Å². The summed E-state index contributed by atoms with van der Waals surface area (Å²) >= 11 is 0. The number of aromatic nitrogens is 2. The number of fused-ring (bicyclic) bond motifs is 1. The minimum atomic E-state index is -0.506. The van der Waals surface area contributed by atoms with E-state index in [9.17, 15) is 9.59 Å². The Labute approximate surface area is 127 Å². The molecular weight excluding hydrogens is 282 g/mol. The number of urea groups is 1. The fourth-order valence-corrected chi connectivity index (χ4v) is 2.89. The predicted octanol–water partition coefficient (Wildman–Crippen LogP) is 0.765. The van der Waals surface area contributed by atoms with Gasteiger partial charge in [0.2, 0.25) is 5.91 Å². The Morgan fingerprint density at radius 3 is 2.77 bits per heavy atom. The summed E-state index contributed by atoms with van der Waals surface area (Å²) in [6, 6.07) is 7.30. The zero-order valence-electron chi connectivity index (χ0n) is 12.2. The first-order valence-electron chi connectivity index (χ1n) is 7.39. The van der Waals surface area contributed by atoms with Gasteiger partial charge in [-0.15, -0.1) is 0 Å². The number of amides is 3. The molecule has 3 rings (SSSR count). The molecule has 1 aromatic carbocycles. The van der Waals surface area contributed by atoms with Crippen molar-refractivity contribution in [2.45, 2.75) is 25.3 Å². The van der Waals surface area contributed by atoms with Crippen LogP contribution >= 0.6 is 0 Å². The van der Waals surface area contributed by atoms with Crippen molar-refractivity contribution in [1.82, 2.24) is 20.4 Å². The van der Waals surface area contributed by atoms with Crippen LogP contribution in [0.5, 0.6) is 0 Å². The number of nitrogens with one attached hydrogen (secondary N) is 2. The molecule has 116 valence electrons. The molecule has 0 radical (unpaired) electrons. The normalized spacial score (nSPS) is 15.9. The smallest absolute Gasteiger partial charge is 0.312 e. The summed E-state index contributed by atoms with van der Waals surface area (Å²) in [5, 5.41) is 10.8. The van der Waals surface area contributed by atoms with E-state index in [2.05, 4.69) is 15.5 Å². The Balaban J connectivity index is 1.60. The Hall–Kier alpha value is -2.57. The summed E-state index contributed by atoms with van der Waals surface area (Å²) in [5.74, 6) is 0.0759. The second-order valence-corrected chi connectivity index (χ2v) is 5.56. The molecule has 0 aliphatic carbocycles. The first-order valence-corrected chi connectivity index (χ1v) is 7.39. The number of benzene rings is 1. The maximum atomic E-state index is 12.4. The summed E-state index contributed by atoms with van der Waals surface area (Å²) in [5.41, 5.74) is 6.83. The minimum Gasteiger partial charge on any atom is -0.352 e. The number of piperidine rings is 1. The number of carbonyl (C=O) groups excluding carboxylic acids is 2. The van der Waals surface area contributed by atoms with Crippen molar-refractivity contribution in [3.05, 3.63) is 30.0 Å². The predicted molar refractivity (Wildman–Crippen MR) is 82.1 cm³/mol. The molecule has 1 aliphatic rings. The molecule has 0 spiro atoms. The number of primary amides is 1. The van der Waals surface area contributed by atoms with Crippen LogP contribution in [-0.2, 0) is 11.2 Å². The molecule has 3 amide bonds. The molecule has 1 saturated heterocycles. The van der Waals surface area contributed by atoms with Gasteiger partial charge in [-0.1, -0.05) is 18.2 Å². The molecule has 0 bridgehead atoms. The Kier molecular flexibility index (Phi) is 3.95.